The topological polar surface area (TPSA) is 46.9 Å². The van der Waals surface area contributed by atoms with Crippen molar-refractivity contribution in [1.82, 2.24) is 15.1 Å². The second-order valence-electron chi connectivity index (χ2n) is 8.31. The van der Waals surface area contributed by atoms with E-state index in [0.717, 1.165) is 27.7 Å². The number of benzene rings is 3. The van der Waals surface area contributed by atoms with Gasteiger partial charge in [-0.3, -0.25) is 4.79 Å². The largest absolute Gasteiger partial charge is 0.397 e. The third-order valence-corrected chi connectivity index (χ3v) is 5.73. The molecule has 4 nitrogen and oxygen atoms in total. The molecule has 176 valence electrons. The van der Waals surface area contributed by atoms with Gasteiger partial charge in [0.2, 0.25) is 5.91 Å². The lowest BCUT2D eigenvalue weighted by atomic mass is 9.81. The highest BCUT2D eigenvalue weighted by Gasteiger charge is 2.31. The van der Waals surface area contributed by atoms with Gasteiger partial charge in [-0.1, -0.05) is 43.3 Å². The number of nitrogens with one attached hydrogen (secondary N) is 1. The van der Waals surface area contributed by atoms with Crippen LogP contribution in [0, 0.1) is 11.7 Å². The Hall–Kier alpha value is -3.68. The van der Waals surface area contributed by atoms with Crippen LogP contribution >= 0.6 is 0 Å². The number of rotatable bonds is 7. The summed E-state index contributed by atoms with van der Waals surface area (Å²) in [4.78, 5) is 11.7. The molecule has 2 atom stereocenters. The van der Waals surface area contributed by atoms with E-state index in [1.165, 1.54) is 12.1 Å². The van der Waals surface area contributed by atoms with Crippen LogP contribution in [0.3, 0.4) is 0 Å². The van der Waals surface area contributed by atoms with Gasteiger partial charge in [-0.15, -0.1) is 0 Å². The lowest BCUT2D eigenvalue weighted by molar-refractivity contribution is -0.153. The maximum absolute atomic E-state index is 13.3. The van der Waals surface area contributed by atoms with Crippen molar-refractivity contribution in [2.45, 2.75) is 25.4 Å². The predicted octanol–water partition coefficient (Wildman–Crippen LogP) is 6.00. The van der Waals surface area contributed by atoms with Crippen molar-refractivity contribution in [3.63, 3.8) is 0 Å². The Labute approximate surface area is 194 Å². The van der Waals surface area contributed by atoms with E-state index in [4.69, 9.17) is 0 Å². The van der Waals surface area contributed by atoms with E-state index < -0.39 is 18.5 Å². The first-order valence-corrected chi connectivity index (χ1v) is 10.8. The first kappa shape index (κ1) is 23.5. The molecule has 1 aromatic heterocycles. The summed E-state index contributed by atoms with van der Waals surface area (Å²) in [5, 5.41) is 7.73. The number of halogens is 4. The maximum atomic E-state index is 13.3. The Balaban J connectivity index is 1.63. The number of amides is 1. The highest BCUT2D eigenvalue weighted by molar-refractivity contribution is 5.81. The van der Waals surface area contributed by atoms with Crippen LogP contribution in [0.15, 0.2) is 79.0 Å². The van der Waals surface area contributed by atoms with Crippen LogP contribution in [0.2, 0.25) is 0 Å². The van der Waals surface area contributed by atoms with Gasteiger partial charge in [0.15, 0.2) is 0 Å². The lowest BCUT2D eigenvalue weighted by Crippen LogP contribution is -2.33. The molecule has 8 heteroatoms. The summed E-state index contributed by atoms with van der Waals surface area (Å²) >= 11 is 0. The van der Waals surface area contributed by atoms with Gasteiger partial charge in [0.05, 0.1) is 17.4 Å². The number of carbonyl (C=O) groups is 1. The van der Waals surface area contributed by atoms with Crippen molar-refractivity contribution in [1.29, 1.82) is 0 Å². The maximum Gasteiger partial charge on any atom is 0.397 e. The average Bonchev–Trinajstić information content (AvgIpc) is 3.21. The summed E-state index contributed by atoms with van der Waals surface area (Å²) in [6.07, 6.45) is -4.31. The summed E-state index contributed by atoms with van der Waals surface area (Å²) in [5.74, 6) is -1.71. The molecule has 34 heavy (non-hydrogen) atoms. The van der Waals surface area contributed by atoms with Crippen molar-refractivity contribution < 1.29 is 22.4 Å². The summed E-state index contributed by atoms with van der Waals surface area (Å²) in [7, 11) is 0. The van der Waals surface area contributed by atoms with Crippen LogP contribution in [-0.2, 0) is 4.79 Å². The Morgan fingerprint density at radius 3 is 2.38 bits per heavy atom. The monoisotopic (exact) mass is 469 g/mol. The molecule has 0 saturated carbocycles. The normalized spacial score (nSPS) is 13.6. The SMILES string of the molecule is CC(CNC(=O)CC(F)(F)F)[C@@H](c1ccccc1)c1ccc2c(cnn2-c2ccc(F)cc2)c1. The molecule has 1 amide bonds. The van der Waals surface area contributed by atoms with E-state index in [9.17, 15) is 22.4 Å². The molecule has 0 spiro atoms. The molecule has 0 saturated heterocycles. The van der Waals surface area contributed by atoms with Gasteiger partial charge >= 0.3 is 6.18 Å². The fraction of sp³-hybridized carbons (Fsp3) is 0.231. The first-order valence-electron chi connectivity index (χ1n) is 10.8. The molecule has 3 aromatic carbocycles. The standard InChI is InChI=1S/C26H23F4N3O/c1-17(15-31-24(34)14-26(28,29)30)25(18-5-3-2-4-6-18)19-7-12-23-20(13-19)16-32-33(23)22-10-8-21(27)9-11-22/h2-13,16-17,25H,14-15H2,1H3,(H,31,34)/t17?,25-/m0/s1. The number of nitrogens with zero attached hydrogens (tertiary/aromatic N) is 2. The summed E-state index contributed by atoms with van der Waals surface area (Å²) in [6, 6.07) is 21.5. The van der Waals surface area contributed by atoms with E-state index in [1.807, 2.05) is 55.5 Å². The Kier molecular flexibility index (Phi) is 6.68. The summed E-state index contributed by atoms with van der Waals surface area (Å²) in [5.41, 5.74) is 3.51. The zero-order chi connectivity index (χ0) is 24.3. The molecule has 1 unspecified atom stereocenters. The van der Waals surface area contributed by atoms with Gasteiger partial charge in [-0.05, 0) is 53.4 Å². The highest BCUT2D eigenvalue weighted by atomic mass is 19.4. The third-order valence-electron chi connectivity index (χ3n) is 5.73. The van der Waals surface area contributed by atoms with Crippen LogP contribution < -0.4 is 5.32 Å². The van der Waals surface area contributed by atoms with Gasteiger partial charge in [0.25, 0.3) is 0 Å². The quantitative estimate of drug-likeness (QED) is 0.338. The molecule has 0 bridgehead atoms. The minimum absolute atomic E-state index is 0.0986. The van der Waals surface area contributed by atoms with Crippen molar-refractivity contribution in [2.24, 2.45) is 5.92 Å². The van der Waals surface area contributed by atoms with Gasteiger partial charge in [0.1, 0.15) is 12.2 Å². The molecule has 0 aliphatic rings. The van der Waals surface area contributed by atoms with E-state index in [0.29, 0.717) is 0 Å². The summed E-state index contributed by atoms with van der Waals surface area (Å²) in [6.45, 7) is 2.00. The van der Waals surface area contributed by atoms with Crippen molar-refractivity contribution >= 4 is 16.8 Å². The molecular formula is C26H23F4N3O. The van der Waals surface area contributed by atoms with Gasteiger partial charge in [-0.25, -0.2) is 9.07 Å². The number of alkyl halides is 3. The van der Waals surface area contributed by atoms with E-state index in [-0.39, 0.29) is 24.2 Å². The molecule has 4 rings (SSSR count). The number of fused-ring (bicyclic) bond motifs is 1. The second-order valence-corrected chi connectivity index (χ2v) is 8.31. The van der Waals surface area contributed by atoms with Gasteiger partial charge < -0.3 is 5.32 Å². The van der Waals surface area contributed by atoms with Crippen molar-refractivity contribution in [3.05, 3.63) is 95.9 Å². The Bertz CT molecular complexity index is 1270. The minimum atomic E-state index is -4.54. The van der Waals surface area contributed by atoms with Crippen molar-refractivity contribution in [2.75, 3.05) is 6.54 Å². The predicted molar refractivity (Wildman–Crippen MR) is 122 cm³/mol. The highest BCUT2D eigenvalue weighted by Crippen LogP contribution is 2.34. The zero-order valence-electron chi connectivity index (χ0n) is 18.4. The second kappa shape index (κ2) is 9.67. The smallest absolute Gasteiger partial charge is 0.356 e. The van der Waals surface area contributed by atoms with Gasteiger partial charge in [0, 0.05) is 17.8 Å². The van der Waals surface area contributed by atoms with Crippen LogP contribution in [0.25, 0.3) is 16.6 Å². The number of carbonyl (C=O) groups excluding carboxylic acids is 1. The Morgan fingerprint density at radius 1 is 1.00 bits per heavy atom. The van der Waals surface area contributed by atoms with Gasteiger partial charge in [-0.2, -0.15) is 18.3 Å². The van der Waals surface area contributed by atoms with E-state index in [2.05, 4.69) is 10.4 Å². The van der Waals surface area contributed by atoms with Crippen LogP contribution in [0.5, 0.6) is 0 Å². The number of aromatic nitrogens is 2. The molecule has 4 aromatic rings. The van der Waals surface area contributed by atoms with Crippen LogP contribution in [0.4, 0.5) is 17.6 Å². The van der Waals surface area contributed by atoms with Crippen LogP contribution in [-0.4, -0.2) is 28.4 Å². The average molecular weight is 469 g/mol. The third kappa shape index (κ3) is 5.44. The molecule has 1 N–H and O–H groups in total. The van der Waals surface area contributed by atoms with Crippen molar-refractivity contribution in [3.8, 4) is 5.69 Å². The lowest BCUT2D eigenvalue weighted by Gasteiger charge is -2.26. The van der Waals surface area contributed by atoms with Crippen LogP contribution in [0.1, 0.15) is 30.4 Å². The fourth-order valence-corrected chi connectivity index (χ4v) is 4.18. The fourth-order valence-electron chi connectivity index (χ4n) is 4.18. The first-order chi connectivity index (χ1) is 16.2. The molecule has 0 radical (unpaired) electrons. The summed E-state index contributed by atoms with van der Waals surface area (Å²) < 4.78 is 52.6. The Morgan fingerprint density at radius 2 is 1.71 bits per heavy atom. The molecule has 0 aliphatic carbocycles. The zero-order valence-corrected chi connectivity index (χ0v) is 18.4. The molecule has 0 aliphatic heterocycles. The molecule has 1 heterocycles. The number of hydrogen-bond donors (Lipinski definition) is 1. The van der Waals surface area contributed by atoms with E-state index in [1.54, 1.807) is 23.0 Å². The minimum Gasteiger partial charge on any atom is -0.356 e. The van der Waals surface area contributed by atoms with E-state index >= 15 is 0 Å². The number of hydrogen-bond acceptors (Lipinski definition) is 2. The molecular weight excluding hydrogens is 446 g/mol. The molecule has 0 fully saturated rings.